The molecular formula is C11H24N2OS. The van der Waals surface area contributed by atoms with Gasteiger partial charge >= 0.3 is 0 Å². The molecule has 2 atom stereocenters. The summed E-state index contributed by atoms with van der Waals surface area (Å²) >= 11 is 0. The third-order valence-electron chi connectivity index (χ3n) is 2.91. The van der Waals surface area contributed by atoms with Crippen LogP contribution in [-0.4, -0.2) is 52.8 Å². The zero-order valence-electron chi connectivity index (χ0n) is 10.00. The normalized spacial score (nSPS) is 24.5. The van der Waals surface area contributed by atoms with Crippen LogP contribution in [0.5, 0.6) is 0 Å². The molecule has 1 saturated heterocycles. The van der Waals surface area contributed by atoms with Crippen LogP contribution in [0.15, 0.2) is 0 Å². The summed E-state index contributed by atoms with van der Waals surface area (Å²) < 4.78 is 11.3. The van der Waals surface area contributed by atoms with Crippen LogP contribution in [0.25, 0.3) is 0 Å². The summed E-state index contributed by atoms with van der Waals surface area (Å²) in [6, 6.07) is 0.667. The highest BCUT2D eigenvalue weighted by Crippen LogP contribution is 2.08. The lowest BCUT2D eigenvalue weighted by Crippen LogP contribution is -2.34. The van der Waals surface area contributed by atoms with Crippen molar-refractivity contribution in [3.8, 4) is 0 Å². The predicted molar refractivity (Wildman–Crippen MR) is 66.7 cm³/mol. The van der Waals surface area contributed by atoms with E-state index in [1.54, 1.807) is 0 Å². The molecule has 0 aromatic heterocycles. The Morgan fingerprint density at radius 3 is 2.93 bits per heavy atom. The Morgan fingerprint density at radius 2 is 2.27 bits per heavy atom. The average Bonchev–Trinajstić information content (AvgIpc) is 2.71. The number of nitrogens with one attached hydrogen (secondary N) is 1. The summed E-state index contributed by atoms with van der Waals surface area (Å²) in [5.74, 6) is 1.64. The maximum atomic E-state index is 11.3. The van der Waals surface area contributed by atoms with Gasteiger partial charge in [-0.2, -0.15) is 0 Å². The van der Waals surface area contributed by atoms with Gasteiger partial charge in [0, 0.05) is 41.4 Å². The molecule has 0 bridgehead atoms. The molecule has 0 aromatic carbocycles. The summed E-state index contributed by atoms with van der Waals surface area (Å²) in [7, 11) is -0.602. The molecule has 90 valence electrons. The van der Waals surface area contributed by atoms with E-state index in [1.165, 1.54) is 19.4 Å². The van der Waals surface area contributed by atoms with Crippen molar-refractivity contribution in [2.24, 2.45) is 0 Å². The van der Waals surface area contributed by atoms with Gasteiger partial charge in [-0.05, 0) is 25.9 Å². The monoisotopic (exact) mass is 232 g/mol. The number of rotatable bonds is 7. The SMILES string of the molecule is CCCNC1CCN(CCS(=O)CC)C1. The summed E-state index contributed by atoms with van der Waals surface area (Å²) in [4.78, 5) is 2.43. The fraction of sp³-hybridized carbons (Fsp3) is 1.00. The Balaban J connectivity index is 2.10. The first-order chi connectivity index (χ1) is 7.26. The standard InChI is InChI=1S/C11H24N2OS/c1-3-6-12-11-5-7-13(10-11)8-9-15(14)4-2/h11-12H,3-10H2,1-2H3. The number of nitrogens with zero attached hydrogens (tertiary/aromatic N) is 1. The summed E-state index contributed by atoms with van der Waals surface area (Å²) in [6.07, 6.45) is 2.45. The van der Waals surface area contributed by atoms with Crippen molar-refractivity contribution >= 4 is 10.8 Å². The van der Waals surface area contributed by atoms with Gasteiger partial charge in [0.1, 0.15) is 0 Å². The van der Waals surface area contributed by atoms with Crippen LogP contribution in [-0.2, 0) is 10.8 Å². The molecule has 1 heterocycles. The summed E-state index contributed by atoms with van der Waals surface area (Å²) in [5.41, 5.74) is 0. The fourth-order valence-corrected chi connectivity index (χ4v) is 2.68. The lowest BCUT2D eigenvalue weighted by atomic mass is 10.2. The summed E-state index contributed by atoms with van der Waals surface area (Å²) in [6.45, 7) is 8.63. The Morgan fingerprint density at radius 1 is 1.47 bits per heavy atom. The van der Waals surface area contributed by atoms with Crippen molar-refractivity contribution in [1.82, 2.24) is 10.2 Å². The topological polar surface area (TPSA) is 32.3 Å². The second-order valence-electron chi connectivity index (χ2n) is 4.17. The third-order valence-corrected chi connectivity index (χ3v) is 4.19. The first kappa shape index (κ1) is 13.1. The van der Waals surface area contributed by atoms with Gasteiger partial charge in [0.25, 0.3) is 0 Å². The second-order valence-corrected chi connectivity index (χ2v) is 6.04. The van der Waals surface area contributed by atoms with Crippen LogP contribution in [0.2, 0.25) is 0 Å². The maximum Gasteiger partial charge on any atom is 0.0362 e. The van der Waals surface area contributed by atoms with Crippen molar-refractivity contribution < 1.29 is 4.21 Å². The van der Waals surface area contributed by atoms with Gasteiger partial charge in [0.05, 0.1) is 0 Å². The molecule has 1 fully saturated rings. The first-order valence-corrected chi connectivity index (χ1v) is 7.55. The van der Waals surface area contributed by atoms with Gasteiger partial charge < -0.3 is 10.2 Å². The van der Waals surface area contributed by atoms with E-state index in [9.17, 15) is 4.21 Å². The first-order valence-electron chi connectivity index (χ1n) is 6.07. The molecule has 15 heavy (non-hydrogen) atoms. The molecule has 0 amide bonds. The Kier molecular flexibility index (Phi) is 6.45. The van der Waals surface area contributed by atoms with E-state index < -0.39 is 10.8 Å². The highest BCUT2D eigenvalue weighted by Gasteiger charge is 2.21. The molecule has 4 heteroatoms. The van der Waals surface area contributed by atoms with Gasteiger partial charge in [-0.3, -0.25) is 4.21 Å². The van der Waals surface area contributed by atoms with Crippen LogP contribution < -0.4 is 5.32 Å². The van der Waals surface area contributed by atoms with Gasteiger partial charge in [0.2, 0.25) is 0 Å². The molecule has 1 N–H and O–H groups in total. The molecule has 0 radical (unpaired) electrons. The average molecular weight is 232 g/mol. The molecule has 0 saturated carbocycles. The van der Waals surface area contributed by atoms with Crippen LogP contribution in [0.4, 0.5) is 0 Å². The van der Waals surface area contributed by atoms with Crippen LogP contribution >= 0.6 is 0 Å². The lowest BCUT2D eigenvalue weighted by molar-refractivity contribution is 0.347. The van der Waals surface area contributed by atoms with E-state index in [1.807, 2.05) is 6.92 Å². The molecule has 0 spiro atoms. The minimum absolute atomic E-state index is 0.602. The molecular weight excluding hydrogens is 208 g/mol. The second kappa shape index (κ2) is 7.36. The number of hydrogen-bond acceptors (Lipinski definition) is 3. The molecule has 0 aromatic rings. The van der Waals surface area contributed by atoms with Crippen LogP contribution in [0, 0.1) is 0 Å². The Bertz CT molecular complexity index is 199. The maximum absolute atomic E-state index is 11.3. The van der Waals surface area contributed by atoms with E-state index in [0.29, 0.717) is 6.04 Å². The van der Waals surface area contributed by atoms with E-state index >= 15 is 0 Å². The van der Waals surface area contributed by atoms with Gasteiger partial charge in [-0.15, -0.1) is 0 Å². The van der Waals surface area contributed by atoms with Gasteiger partial charge in [0.15, 0.2) is 0 Å². The predicted octanol–water partition coefficient (Wildman–Crippen LogP) is 0.829. The minimum Gasteiger partial charge on any atom is -0.313 e. The van der Waals surface area contributed by atoms with E-state index in [2.05, 4.69) is 17.1 Å². The molecule has 1 rings (SSSR count). The molecule has 1 aliphatic heterocycles. The zero-order chi connectivity index (χ0) is 11.1. The molecule has 0 aliphatic carbocycles. The van der Waals surface area contributed by atoms with E-state index in [-0.39, 0.29) is 0 Å². The number of likely N-dealkylation sites (tertiary alicyclic amines) is 1. The Hall–Kier alpha value is 0.0700. The Labute approximate surface area is 96.1 Å². The van der Waals surface area contributed by atoms with Crippen molar-refractivity contribution in [2.75, 3.05) is 37.7 Å². The summed E-state index contributed by atoms with van der Waals surface area (Å²) in [5, 5.41) is 3.55. The largest absolute Gasteiger partial charge is 0.313 e. The minimum atomic E-state index is -0.602. The molecule has 1 aliphatic rings. The number of hydrogen-bond donors (Lipinski definition) is 1. The quantitative estimate of drug-likeness (QED) is 0.705. The fourth-order valence-electron chi connectivity index (χ4n) is 1.93. The van der Waals surface area contributed by atoms with Crippen LogP contribution in [0.1, 0.15) is 26.7 Å². The van der Waals surface area contributed by atoms with Crippen molar-refractivity contribution in [1.29, 1.82) is 0 Å². The van der Waals surface area contributed by atoms with Crippen LogP contribution in [0.3, 0.4) is 0 Å². The smallest absolute Gasteiger partial charge is 0.0362 e. The van der Waals surface area contributed by atoms with Gasteiger partial charge in [-0.1, -0.05) is 13.8 Å². The van der Waals surface area contributed by atoms with E-state index in [0.717, 1.165) is 31.1 Å². The molecule has 3 nitrogen and oxygen atoms in total. The van der Waals surface area contributed by atoms with E-state index in [4.69, 9.17) is 0 Å². The lowest BCUT2D eigenvalue weighted by Gasteiger charge is -2.15. The third kappa shape index (κ3) is 5.09. The van der Waals surface area contributed by atoms with Crippen molar-refractivity contribution in [2.45, 2.75) is 32.7 Å². The van der Waals surface area contributed by atoms with Crippen molar-refractivity contribution in [3.63, 3.8) is 0 Å². The highest BCUT2D eigenvalue weighted by atomic mass is 32.2. The molecule has 2 unspecified atom stereocenters. The van der Waals surface area contributed by atoms with Crippen molar-refractivity contribution in [3.05, 3.63) is 0 Å². The highest BCUT2D eigenvalue weighted by molar-refractivity contribution is 7.84. The zero-order valence-corrected chi connectivity index (χ0v) is 10.8. The van der Waals surface area contributed by atoms with Gasteiger partial charge in [-0.25, -0.2) is 0 Å².